The molecule has 1 aliphatic heterocycles. The Morgan fingerprint density at radius 3 is 2.50 bits per heavy atom. The highest BCUT2D eigenvalue weighted by molar-refractivity contribution is 7.13. The number of piperazine rings is 1. The van der Waals surface area contributed by atoms with Crippen LogP contribution in [0.15, 0.2) is 53.9 Å². The van der Waals surface area contributed by atoms with Crippen LogP contribution >= 0.6 is 22.9 Å². The van der Waals surface area contributed by atoms with Gasteiger partial charge in [-0.2, -0.15) is 0 Å². The quantitative estimate of drug-likeness (QED) is 0.718. The summed E-state index contributed by atoms with van der Waals surface area (Å²) in [6, 6.07) is 15.4. The molecule has 0 atom stereocenters. The number of aromatic hydroxyl groups is 1. The molecular weight excluding hydrogens is 366 g/mol. The molecule has 1 saturated heterocycles. The lowest BCUT2D eigenvalue weighted by molar-refractivity contribution is 0.247. The second-order valence-corrected chi connectivity index (χ2v) is 7.64. The number of anilines is 1. The Bertz CT molecular complexity index is 890. The van der Waals surface area contributed by atoms with Crippen LogP contribution in [0.3, 0.4) is 0 Å². The molecule has 1 fully saturated rings. The molecule has 0 aliphatic carbocycles. The highest BCUT2D eigenvalue weighted by atomic mass is 35.5. The third-order valence-corrected chi connectivity index (χ3v) is 5.89. The first kappa shape index (κ1) is 17.3. The van der Waals surface area contributed by atoms with Gasteiger partial charge in [0.25, 0.3) is 0 Å². The highest BCUT2D eigenvalue weighted by Crippen LogP contribution is 2.31. The number of benzene rings is 2. The number of aromatic nitrogens is 1. The third kappa shape index (κ3) is 3.70. The van der Waals surface area contributed by atoms with Crippen molar-refractivity contribution in [1.82, 2.24) is 9.88 Å². The summed E-state index contributed by atoms with van der Waals surface area (Å²) < 4.78 is 0. The summed E-state index contributed by atoms with van der Waals surface area (Å²) in [5.41, 5.74) is 3.00. The Balaban J connectivity index is 1.38. The minimum atomic E-state index is 0.352. The number of rotatable bonds is 4. The molecular formula is C20H20ClN3OS. The van der Waals surface area contributed by atoms with Crippen LogP contribution in [-0.2, 0) is 6.54 Å². The fraction of sp³-hybridized carbons (Fsp3) is 0.250. The minimum absolute atomic E-state index is 0.352. The van der Waals surface area contributed by atoms with Crippen LogP contribution in [0.5, 0.6) is 5.75 Å². The van der Waals surface area contributed by atoms with E-state index in [4.69, 9.17) is 16.6 Å². The minimum Gasteiger partial charge on any atom is -0.506 e. The molecule has 26 heavy (non-hydrogen) atoms. The van der Waals surface area contributed by atoms with Gasteiger partial charge in [0.1, 0.15) is 10.8 Å². The van der Waals surface area contributed by atoms with Crippen LogP contribution in [0, 0.1) is 0 Å². The second-order valence-electron chi connectivity index (χ2n) is 6.38. The van der Waals surface area contributed by atoms with Gasteiger partial charge in [0.2, 0.25) is 0 Å². The smallest absolute Gasteiger partial charge is 0.138 e. The molecule has 0 bridgehead atoms. The molecule has 2 aromatic carbocycles. The van der Waals surface area contributed by atoms with Crippen LogP contribution in [0.25, 0.3) is 10.6 Å². The van der Waals surface area contributed by atoms with E-state index in [0.29, 0.717) is 5.75 Å². The van der Waals surface area contributed by atoms with Crippen LogP contribution in [0.1, 0.15) is 5.69 Å². The molecule has 0 spiro atoms. The number of hydrogen-bond acceptors (Lipinski definition) is 5. The summed E-state index contributed by atoms with van der Waals surface area (Å²) in [6.45, 7) is 4.55. The van der Waals surface area contributed by atoms with E-state index in [1.54, 1.807) is 17.4 Å². The van der Waals surface area contributed by atoms with E-state index in [2.05, 4.69) is 15.2 Å². The molecule has 0 unspecified atom stereocenters. The van der Waals surface area contributed by atoms with Gasteiger partial charge in [-0.25, -0.2) is 4.98 Å². The number of nitrogens with zero attached hydrogens (tertiary/aromatic N) is 3. The summed E-state index contributed by atoms with van der Waals surface area (Å²) in [5, 5.41) is 13.9. The van der Waals surface area contributed by atoms with Crippen molar-refractivity contribution in [3.63, 3.8) is 0 Å². The first-order valence-corrected chi connectivity index (χ1v) is 9.91. The van der Waals surface area contributed by atoms with E-state index in [1.165, 1.54) is 0 Å². The lowest BCUT2D eigenvalue weighted by Gasteiger charge is -2.36. The van der Waals surface area contributed by atoms with Crippen molar-refractivity contribution >= 4 is 28.6 Å². The zero-order chi connectivity index (χ0) is 17.9. The van der Waals surface area contributed by atoms with Crippen LogP contribution in [0.2, 0.25) is 5.02 Å². The summed E-state index contributed by atoms with van der Waals surface area (Å²) in [6.07, 6.45) is 0. The Morgan fingerprint density at radius 1 is 1.00 bits per heavy atom. The molecule has 3 aromatic rings. The van der Waals surface area contributed by atoms with E-state index in [0.717, 1.165) is 59.7 Å². The van der Waals surface area contributed by atoms with Gasteiger partial charge in [-0.15, -0.1) is 11.3 Å². The number of hydrogen-bond donors (Lipinski definition) is 1. The lowest BCUT2D eigenvalue weighted by Crippen LogP contribution is -2.46. The largest absolute Gasteiger partial charge is 0.506 e. The fourth-order valence-electron chi connectivity index (χ4n) is 3.25. The Kier molecular flexibility index (Phi) is 5.11. The summed E-state index contributed by atoms with van der Waals surface area (Å²) in [4.78, 5) is 9.41. The fourth-order valence-corrected chi connectivity index (χ4v) is 4.38. The predicted octanol–water partition coefficient (Wildman–Crippen LogP) is 4.49. The predicted molar refractivity (Wildman–Crippen MR) is 108 cm³/mol. The first-order valence-electron chi connectivity index (χ1n) is 8.65. The van der Waals surface area contributed by atoms with Crippen LogP contribution < -0.4 is 4.90 Å². The van der Waals surface area contributed by atoms with Crippen molar-refractivity contribution in [2.75, 3.05) is 31.1 Å². The Morgan fingerprint density at radius 2 is 1.73 bits per heavy atom. The van der Waals surface area contributed by atoms with Gasteiger partial charge in [0, 0.05) is 43.7 Å². The number of thiazole rings is 1. The molecule has 0 amide bonds. The van der Waals surface area contributed by atoms with Crippen molar-refractivity contribution in [3.05, 3.63) is 64.6 Å². The Labute approximate surface area is 162 Å². The maximum atomic E-state index is 10.0. The van der Waals surface area contributed by atoms with Gasteiger partial charge < -0.3 is 10.0 Å². The molecule has 4 nitrogen and oxygen atoms in total. The molecule has 0 saturated carbocycles. The molecule has 2 heterocycles. The van der Waals surface area contributed by atoms with E-state index in [-0.39, 0.29) is 0 Å². The molecule has 1 N–H and O–H groups in total. The number of halogens is 1. The standard InChI is InChI=1S/C20H20ClN3OS/c21-17-6-2-1-5-16(17)20-22-15(14-26-20)13-23-9-11-24(12-10-23)18-7-3-4-8-19(18)25/h1-8,14,25H,9-13H2. The van der Waals surface area contributed by atoms with Crippen molar-refractivity contribution in [2.24, 2.45) is 0 Å². The van der Waals surface area contributed by atoms with E-state index >= 15 is 0 Å². The van der Waals surface area contributed by atoms with Gasteiger partial charge in [-0.3, -0.25) is 4.90 Å². The molecule has 1 aromatic heterocycles. The molecule has 4 rings (SSSR count). The average Bonchev–Trinajstić information content (AvgIpc) is 3.11. The van der Waals surface area contributed by atoms with Gasteiger partial charge in [-0.1, -0.05) is 41.9 Å². The summed E-state index contributed by atoms with van der Waals surface area (Å²) in [5.74, 6) is 0.352. The normalized spacial score (nSPS) is 15.3. The zero-order valence-electron chi connectivity index (χ0n) is 14.3. The molecule has 6 heteroatoms. The van der Waals surface area contributed by atoms with Gasteiger partial charge in [-0.05, 0) is 18.2 Å². The van der Waals surface area contributed by atoms with Crippen LogP contribution in [0.4, 0.5) is 5.69 Å². The first-order chi connectivity index (χ1) is 12.7. The van der Waals surface area contributed by atoms with Crippen molar-refractivity contribution in [3.8, 4) is 16.3 Å². The van der Waals surface area contributed by atoms with Crippen molar-refractivity contribution in [1.29, 1.82) is 0 Å². The molecule has 1 aliphatic rings. The summed E-state index contributed by atoms with van der Waals surface area (Å²) in [7, 11) is 0. The number of para-hydroxylation sites is 2. The number of phenols is 1. The summed E-state index contributed by atoms with van der Waals surface area (Å²) >= 11 is 7.92. The van der Waals surface area contributed by atoms with Gasteiger partial charge >= 0.3 is 0 Å². The maximum Gasteiger partial charge on any atom is 0.138 e. The topological polar surface area (TPSA) is 39.6 Å². The van der Waals surface area contributed by atoms with Gasteiger partial charge in [0.15, 0.2) is 0 Å². The van der Waals surface area contributed by atoms with Crippen LogP contribution in [-0.4, -0.2) is 41.2 Å². The second kappa shape index (κ2) is 7.66. The Hall–Kier alpha value is -2.08. The maximum absolute atomic E-state index is 10.0. The highest BCUT2D eigenvalue weighted by Gasteiger charge is 2.20. The SMILES string of the molecule is Oc1ccccc1N1CCN(Cc2csc(-c3ccccc3Cl)n2)CC1. The van der Waals surface area contributed by atoms with E-state index < -0.39 is 0 Å². The lowest BCUT2D eigenvalue weighted by atomic mass is 10.2. The molecule has 134 valence electrons. The van der Waals surface area contributed by atoms with Crippen molar-refractivity contribution in [2.45, 2.75) is 6.54 Å². The van der Waals surface area contributed by atoms with Crippen molar-refractivity contribution < 1.29 is 5.11 Å². The van der Waals surface area contributed by atoms with E-state index in [9.17, 15) is 5.11 Å². The van der Waals surface area contributed by atoms with E-state index in [1.807, 2.05) is 42.5 Å². The average molecular weight is 386 g/mol. The van der Waals surface area contributed by atoms with Gasteiger partial charge in [0.05, 0.1) is 16.4 Å². The monoisotopic (exact) mass is 385 g/mol. The third-order valence-electron chi connectivity index (χ3n) is 4.64. The zero-order valence-corrected chi connectivity index (χ0v) is 15.9. The number of phenolic OH excluding ortho intramolecular Hbond substituents is 1. The molecule has 0 radical (unpaired) electrons.